The minimum absolute atomic E-state index is 0.119. The number of aromatic nitrogens is 2. The van der Waals surface area contributed by atoms with Crippen molar-refractivity contribution in [3.8, 4) is 0 Å². The lowest BCUT2D eigenvalue weighted by atomic mass is 10.0. The number of nitrogens with zero attached hydrogens (tertiary/aromatic N) is 1. The monoisotopic (exact) mass is 338 g/mol. The van der Waals surface area contributed by atoms with Crippen molar-refractivity contribution < 1.29 is 4.79 Å². The number of fused-ring (bicyclic) bond motifs is 1. The summed E-state index contributed by atoms with van der Waals surface area (Å²) in [6.07, 6.45) is 4.60. The van der Waals surface area contributed by atoms with Gasteiger partial charge >= 0.3 is 0 Å². The van der Waals surface area contributed by atoms with Gasteiger partial charge in [0.15, 0.2) is 5.78 Å². The molecule has 4 nitrogen and oxygen atoms in total. The summed E-state index contributed by atoms with van der Waals surface area (Å²) in [5.41, 5.74) is 2.88. The van der Waals surface area contributed by atoms with E-state index in [0.29, 0.717) is 21.6 Å². The molecule has 0 spiro atoms. The molecule has 2 aromatic heterocycles. The van der Waals surface area contributed by atoms with Crippen LogP contribution in [-0.4, -0.2) is 15.8 Å². The van der Waals surface area contributed by atoms with Crippen LogP contribution in [0, 0.1) is 13.8 Å². The van der Waals surface area contributed by atoms with Crippen molar-refractivity contribution in [2.75, 3.05) is 0 Å². The molecule has 0 unspecified atom stereocenters. The molecule has 3 aromatic rings. The van der Waals surface area contributed by atoms with Crippen LogP contribution >= 0.6 is 11.6 Å². The van der Waals surface area contributed by atoms with Crippen molar-refractivity contribution in [3.63, 3.8) is 0 Å². The van der Waals surface area contributed by atoms with Crippen LogP contribution in [0.3, 0.4) is 0 Å². The number of carbonyl (C=O) groups is 1. The van der Waals surface area contributed by atoms with Gasteiger partial charge in [0.05, 0.1) is 17.3 Å². The van der Waals surface area contributed by atoms with Crippen molar-refractivity contribution in [3.05, 3.63) is 80.4 Å². The number of hydrogen-bond donors (Lipinski definition) is 1. The average Bonchev–Trinajstić information content (AvgIpc) is 2.55. The number of halogens is 1. The lowest BCUT2D eigenvalue weighted by molar-refractivity contribution is 0.104. The van der Waals surface area contributed by atoms with Gasteiger partial charge in [0.1, 0.15) is 5.15 Å². The number of carbonyl (C=O) groups excluding carboxylic acids is 1. The third-order valence-corrected chi connectivity index (χ3v) is 4.08. The van der Waals surface area contributed by atoms with Crippen molar-refractivity contribution in [1.29, 1.82) is 0 Å². The zero-order valence-electron chi connectivity index (χ0n) is 13.3. The summed E-state index contributed by atoms with van der Waals surface area (Å²) in [7, 11) is 0. The Kier molecular flexibility index (Phi) is 4.32. The highest BCUT2D eigenvalue weighted by Gasteiger charge is 2.15. The number of hydrogen-bond acceptors (Lipinski definition) is 3. The summed E-state index contributed by atoms with van der Waals surface area (Å²) in [6, 6.07) is 9.41. The normalized spacial score (nSPS) is 11.3. The Morgan fingerprint density at radius 3 is 2.62 bits per heavy atom. The maximum absolute atomic E-state index is 12.5. The molecule has 1 aromatic carbocycles. The Bertz CT molecular complexity index is 1020. The van der Waals surface area contributed by atoms with Gasteiger partial charge in [0.25, 0.3) is 5.56 Å². The van der Waals surface area contributed by atoms with Crippen molar-refractivity contribution >= 4 is 34.4 Å². The highest BCUT2D eigenvalue weighted by molar-refractivity contribution is 6.30. The molecule has 0 saturated carbocycles. The second kappa shape index (κ2) is 6.42. The van der Waals surface area contributed by atoms with E-state index >= 15 is 0 Å². The van der Waals surface area contributed by atoms with E-state index in [1.165, 1.54) is 12.3 Å². The van der Waals surface area contributed by atoms with E-state index in [4.69, 9.17) is 11.6 Å². The number of ketones is 1. The first-order valence-corrected chi connectivity index (χ1v) is 7.81. The maximum atomic E-state index is 12.5. The summed E-state index contributed by atoms with van der Waals surface area (Å²) in [5, 5.41) is 1.02. The van der Waals surface area contributed by atoms with E-state index in [0.717, 1.165) is 11.1 Å². The lowest BCUT2D eigenvalue weighted by Gasteiger charge is -2.06. The molecule has 0 aliphatic carbocycles. The number of allylic oxidation sites excluding steroid dienone is 1. The first-order valence-electron chi connectivity index (χ1n) is 7.43. The van der Waals surface area contributed by atoms with Gasteiger partial charge < -0.3 is 4.98 Å². The molecule has 0 aliphatic heterocycles. The second-order valence-corrected chi connectivity index (χ2v) is 6.00. The second-order valence-electron chi connectivity index (χ2n) is 5.62. The zero-order chi connectivity index (χ0) is 17.3. The Balaban J connectivity index is 2.03. The molecule has 0 bridgehead atoms. The molecule has 0 radical (unpaired) electrons. The summed E-state index contributed by atoms with van der Waals surface area (Å²) in [6.45, 7) is 3.73. The van der Waals surface area contributed by atoms with Crippen LogP contribution in [0.25, 0.3) is 17.0 Å². The molecule has 0 atom stereocenters. The van der Waals surface area contributed by atoms with Crippen LogP contribution in [0.1, 0.15) is 27.0 Å². The Morgan fingerprint density at radius 2 is 1.92 bits per heavy atom. The molecule has 0 amide bonds. The summed E-state index contributed by atoms with van der Waals surface area (Å²) < 4.78 is 0. The van der Waals surface area contributed by atoms with Gasteiger partial charge in [-0.25, -0.2) is 4.98 Å². The van der Waals surface area contributed by atoms with Crippen LogP contribution in [0.4, 0.5) is 0 Å². The van der Waals surface area contributed by atoms with Crippen LogP contribution in [-0.2, 0) is 0 Å². The standard InChI is InChI=1S/C19H15ClN2O2/c1-11-3-5-13(6-4-11)7-8-16(23)18-12(2)14-9-17(20)21-10-15(14)22-19(18)24/h3-10H,1-2H3,(H,22,24)/b8-7+. The van der Waals surface area contributed by atoms with E-state index in [1.54, 1.807) is 19.1 Å². The molecule has 1 N–H and O–H groups in total. The van der Waals surface area contributed by atoms with Crippen LogP contribution in [0.2, 0.25) is 5.15 Å². The molecule has 0 saturated heterocycles. The molecule has 120 valence electrons. The van der Waals surface area contributed by atoms with Crippen LogP contribution in [0.15, 0.2) is 47.4 Å². The third kappa shape index (κ3) is 3.14. The molecule has 5 heteroatoms. The van der Waals surface area contributed by atoms with E-state index in [2.05, 4.69) is 9.97 Å². The number of benzene rings is 1. The molecular formula is C19H15ClN2O2. The number of aryl methyl sites for hydroxylation is 2. The molecule has 3 rings (SSSR count). The topological polar surface area (TPSA) is 62.8 Å². The van der Waals surface area contributed by atoms with Crippen LogP contribution in [0.5, 0.6) is 0 Å². The quantitative estimate of drug-likeness (QED) is 0.444. The Morgan fingerprint density at radius 1 is 1.21 bits per heavy atom. The van der Waals surface area contributed by atoms with Crippen molar-refractivity contribution in [2.45, 2.75) is 13.8 Å². The first-order chi connectivity index (χ1) is 11.5. The van der Waals surface area contributed by atoms with E-state index in [-0.39, 0.29) is 11.3 Å². The van der Waals surface area contributed by atoms with E-state index < -0.39 is 5.56 Å². The highest BCUT2D eigenvalue weighted by Crippen LogP contribution is 2.20. The number of pyridine rings is 2. The predicted octanol–water partition coefficient (Wildman–Crippen LogP) is 4.09. The molecule has 24 heavy (non-hydrogen) atoms. The van der Waals surface area contributed by atoms with Gasteiger partial charge in [0.2, 0.25) is 0 Å². The number of H-pyrrole nitrogens is 1. The summed E-state index contributed by atoms with van der Waals surface area (Å²) in [5.74, 6) is -0.343. The Hall–Kier alpha value is -2.72. The smallest absolute Gasteiger partial charge is 0.259 e. The largest absolute Gasteiger partial charge is 0.320 e. The summed E-state index contributed by atoms with van der Waals surface area (Å²) in [4.78, 5) is 31.4. The van der Waals surface area contributed by atoms with Gasteiger partial charge in [0, 0.05) is 5.39 Å². The summed E-state index contributed by atoms with van der Waals surface area (Å²) >= 11 is 5.91. The minimum atomic E-state index is -0.428. The number of nitrogens with one attached hydrogen (secondary N) is 1. The molecular weight excluding hydrogens is 324 g/mol. The van der Waals surface area contributed by atoms with Gasteiger partial charge in [-0.1, -0.05) is 47.5 Å². The average molecular weight is 339 g/mol. The van der Waals surface area contributed by atoms with Gasteiger partial charge in [-0.05, 0) is 37.1 Å². The lowest BCUT2D eigenvalue weighted by Crippen LogP contribution is -2.19. The fourth-order valence-corrected chi connectivity index (χ4v) is 2.72. The van der Waals surface area contributed by atoms with Gasteiger partial charge in [-0.3, -0.25) is 9.59 Å². The minimum Gasteiger partial charge on any atom is -0.320 e. The van der Waals surface area contributed by atoms with Gasteiger partial charge in [-0.2, -0.15) is 0 Å². The predicted molar refractivity (Wildman–Crippen MR) is 96.7 cm³/mol. The maximum Gasteiger partial charge on any atom is 0.259 e. The highest BCUT2D eigenvalue weighted by atomic mass is 35.5. The SMILES string of the molecule is Cc1ccc(/C=C/C(=O)c2c(C)c3cc(Cl)ncc3[nH]c2=O)cc1. The van der Waals surface area contributed by atoms with E-state index in [9.17, 15) is 9.59 Å². The van der Waals surface area contributed by atoms with Crippen molar-refractivity contribution in [1.82, 2.24) is 9.97 Å². The zero-order valence-corrected chi connectivity index (χ0v) is 14.0. The van der Waals surface area contributed by atoms with E-state index in [1.807, 2.05) is 31.2 Å². The fraction of sp³-hybridized carbons (Fsp3) is 0.105. The molecule has 0 aliphatic rings. The number of aromatic amines is 1. The van der Waals surface area contributed by atoms with Crippen LogP contribution < -0.4 is 5.56 Å². The van der Waals surface area contributed by atoms with Crippen molar-refractivity contribution in [2.24, 2.45) is 0 Å². The first kappa shape index (κ1) is 16.1. The fourth-order valence-electron chi connectivity index (χ4n) is 2.56. The van der Waals surface area contributed by atoms with Gasteiger partial charge in [-0.15, -0.1) is 0 Å². The molecule has 0 fully saturated rings. The number of rotatable bonds is 3. The Labute approximate surface area is 143 Å². The molecule has 2 heterocycles. The third-order valence-electron chi connectivity index (χ3n) is 3.88.